The molecular weight excluding hydrogens is 218 g/mol. The minimum Gasteiger partial charge on any atom is -0.469 e. The van der Waals surface area contributed by atoms with E-state index in [0.717, 1.165) is 30.7 Å². The lowest BCUT2D eigenvalue weighted by molar-refractivity contribution is -0.147. The van der Waals surface area contributed by atoms with Crippen molar-refractivity contribution in [2.24, 2.45) is 5.92 Å². The van der Waals surface area contributed by atoms with Crippen LogP contribution in [0, 0.1) is 12.8 Å². The van der Waals surface area contributed by atoms with Gasteiger partial charge in [-0.05, 0) is 38.8 Å². The smallest absolute Gasteiger partial charge is 0.323 e. The van der Waals surface area contributed by atoms with Gasteiger partial charge >= 0.3 is 5.97 Å². The first kappa shape index (κ1) is 12.2. The van der Waals surface area contributed by atoms with Gasteiger partial charge < -0.3 is 9.15 Å². The quantitative estimate of drug-likeness (QED) is 0.734. The van der Waals surface area contributed by atoms with E-state index in [9.17, 15) is 4.79 Å². The maximum atomic E-state index is 11.8. The van der Waals surface area contributed by atoms with Crippen LogP contribution in [0.4, 0.5) is 0 Å². The molecule has 0 bridgehead atoms. The van der Waals surface area contributed by atoms with Gasteiger partial charge in [0, 0.05) is 12.1 Å². The van der Waals surface area contributed by atoms with E-state index in [4.69, 9.17) is 9.15 Å². The molecule has 1 aromatic rings. The fraction of sp³-hybridized carbons (Fsp3) is 0.615. The number of ether oxygens (including phenoxy) is 1. The first-order chi connectivity index (χ1) is 8.13. The molecule has 0 spiro atoms. The molecule has 1 aliphatic rings. The van der Waals surface area contributed by atoms with Crippen molar-refractivity contribution in [3.63, 3.8) is 0 Å². The summed E-state index contributed by atoms with van der Waals surface area (Å²) in [6, 6.07) is 1.84. The van der Waals surface area contributed by atoms with Crippen molar-refractivity contribution in [3.05, 3.63) is 23.7 Å². The maximum Gasteiger partial charge on any atom is 0.323 e. The molecule has 0 saturated heterocycles. The number of methoxy groups -OCH3 is 1. The van der Waals surface area contributed by atoms with Crippen LogP contribution < -0.4 is 0 Å². The molecule has 17 heavy (non-hydrogen) atoms. The largest absolute Gasteiger partial charge is 0.469 e. The zero-order valence-corrected chi connectivity index (χ0v) is 10.6. The Labute approximate surface area is 102 Å². The summed E-state index contributed by atoms with van der Waals surface area (Å²) >= 11 is 0. The van der Waals surface area contributed by atoms with Gasteiger partial charge in [0.05, 0.1) is 13.4 Å². The van der Waals surface area contributed by atoms with Gasteiger partial charge in [0.2, 0.25) is 0 Å². The molecule has 4 nitrogen and oxygen atoms in total. The van der Waals surface area contributed by atoms with Crippen molar-refractivity contribution in [2.45, 2.75) is 32.4 Å². The van der Waals surface area contributed by atoms with E-state index in [-0.39, 0.29) is 12.0 Å². The molecule has 0 N–H and O–H groups in total. The Hall–Kier alpha value is -1.29. The average Bonchev–Trinajstić information content (AvgIpc) is 3.05. The fourth-order valence-electron chi connectivity index (χ4n) is 2.21. The highest BCUT2D eigenvalue weighted by Crippen LogP contribution is 2.36. The first-order valence-electron chi connectivity index (χ1n) is 5.94. The molecule has 94 valence electrons. The normalized spacial score (nSPS) is 17.2. The summed E-state index contributed by atoms with van der Waals surface area (Å²) in [4.78, 5) is 13.8. The van der Waals surface area contributed by atoms with Gasteiger partial charge in [-0.15, -0.1) is 0 Å². The zero-order valence-electron chi connectivity index (χ0n) is 10.6. The zero-order chi connectivity index (χ0) is 12.4. The van der Waals surface area contributed by atoms with E-state index < -0.39 is 0 Å². The molecule has 0 aliphatic heterocycles. The Morgan fingerprint density at radius 3 is 2.82 bits per heavy atom. The van der Waals surface area contributed by atoms with Crippen LogP contribution in [0.3, 0.4) is 0 Å². The number of carbonyl (C=O) groups excluding carboxylic acids is 1. The summed E-state index contributed by atoms with van der Waals surface area (Å²) in [5, 5.41) is 0. The molecule has 0 radical (unpaired) electrons. The predicted octanol–water partition coefficient (Wildman–Crippen LogP) is 1.97. The fourth-order valence-corrected chi connectivity index (χ4v) is 2.21. The molecule has 1 aliphatic carbocycles. The molecule has 1 aromatic heterocycles. The second-order valence-electron chi connectivity index (χ2n) is 4.72. The van der Waals surface area contributed by atoms with Gasteiger partial charge in [-0.1, -0.05) is 0 Å². The molecule has 4 heteroatoms. The third-order valence-electron chi connectivity index (χ3n) is 3.37. The summed E-state index contributed by atoms with van der Waals surface area (Å²) in [6.45, 7) is 2.66. The molecule has 1 atom stereocenters. The van der Waals surface area contributed by atoms with Gasteiger partial charge in [0.1, 0.15) is 11.8 Å². The SMILES string of the molecule is COC(=O)C(C1CC1)N(C)Cc1ccoc1C. The first-order valence-corrected chi connectivity index (χ1v) is 5.94. The van der Waals surface area contributed by atoms with Crippen molar-refractivity contribution in [2.75, 3.05) is 14.2 Å². The number of carbonyl (C=O) groups is 1. The molecule has 1 heterocycles. The number of furan rings is 1. The molecule has 1 unspecified atom stereocenters. The van der Waals surface area contributed by atoms with Crippen molar-refractivity contribution in [1.82, 2.24) is 4.90 Å². The van der Waals surface area contributed by atoms with Crippen LogP contribution >= 0.6 is 0 Å². The van der Waals surface area contributed by atoms with Crippen LogP contribution in [0.1, 0.15) is 24.2 Å². The lowest BCUT2D eigenvalue weighted by Crippen LogP contribution is -2.40. The number of likely N-dealkylation sites (N-methyl/N-ethyl adjacent to an activating group) is 1. The molecule has 2 rings (SSSR count). The molecule has 1 saturated carbocycles. The second kappa shape index (κ2) is 4.92. The van der Waals surface area contributed by atoms with Crippen molar-refractivity contribution >= 4 is 5.97 Å². The van der Waals surface area contributed by atoms with Crippen molar-refractivity contribution in [1.29, 1.82) is 0 Å². The highest BCUT2D eigenvalue weighted by Gasteiger charge is 2.39. The monoisotopic (exact) mass is 237 g/mol. The minimum atomic E-state index is -0.129. The molecule has 0 aromatic carbocycles. The number of hydrogen-bond donors (Lipinski definition) is 0. The van der Waals surface area contributed by atoms with E-state index in [0.29, 0.717) is 5.92 Å². The highest BCUT2D eigenvalue weighted by atomic mass is 16.5. The Balaban J connectivity index is 2.04. The number of hydrogen-bond acceptors (Lipinski definition) is 4. The van der Waals surface area contributed by atoms with E-state index in [1.165, 1.54) is 7.11 Å². The molecule has 0 amide bonds. The summed E-state index contributed by atoms with van der Waals surface area (Å²) < 4.78 is 10.1. The highest BCUT2D eigenvalue weighted by molar-refractivity contribution is 5.76. The lowest BCUT2D eigenvalue weighted by Gasteiger charge is -2.25. The van der Waals surface area contributed by atoms with Gasteiger partial charge in [-0.3, -0.25) is 9.69 Å². The molecular formula is C13H19NO3. The number of rotatable bonds is 5. The predicted molar refractivity (Wildman–Crippen MR) is 63.4 cm³/mol. The Morgan fingerprint density at radius 1 is 1.65 bits per heavy atom. The van der Waals surface area contributed by atoms with Crippen molar-refractivity contribution < 1.29 is 13.9 Å². The Morgan fingerprint density at radius 2 is 2.35 bits per heavy atom. The summed E-state index contributed by atoms with van der Waals surface area (Å²) in [5.74, 6) is 1.24. The van der Waals surface area contributed by atoms with Crippen molar-refractivity contribution in [3.8, 4) is 0 Å². The summed E-state index contributed by atoms with van der Waals surface area (Å²) in [7, 11) is 3.42. The summed E-state index contributed by atoms with van der Waals surface area (Å²) in [5.41, 5.74) is 1.13. The van der Waals surface area contributed by atoms with Gasteiger partial charge in [0.25, 0.3) is 0 Å². The Kier molecular flexibility index (Phi) is 3.52. The van der Waals surface area contributed by atoms with Gasteiger partial charge in [-0.2, -0.15) is 0 Å². The topological polar surface area (TPSA) is 42.7 Å². The van der Waals surface area contributed by atoms with E-state index in [1.807, 2.05) is 20.0 Å². The second-order valence-corrected chi connectivity index (χ2v) is 4.72. The molecule has 1 fully saturated rings. The lowest BCUT2D eigenvalue weighted by atomic mass is 10.1. The number of nitrogens with zero attached hydrogens (tertiary/aromatic N) is 1. The van der Waals surface area contributed by atoms with Gasteiger partial charge in [0.15, 0.2) is 0 Å². The van der Waals surface area contributed by atoms with Crippen LogP contribution in [-0.4, -0.2) is 31.1 Å². The summed E-state index contributed by atoms with van der Waals surface area (Å²) in [6.07, 6.45) is 3.92. The van der Waals surface area contributed by atoms with Crippen LogP contribution in [0.5, 0.6) is 0 Å². The van der Waals surface area contributed by atoms with Crippen LogP contribution in [-0.2, 0) is 16.1 Å². The van der Waals surface area contributed by atoms with E-state index >= 15 is 0 Å². The standard InChI is InChI=1S/C13H19NO3/c1-9-11(6-7-17-9)8-14(2)12(10-4-5-10)13(15)16-3/h6-7,10,12H,4-5,8H2,1-3H3. The Bertz CT molecular complexity index is 395. The third kappa shape index (κ3) is 2.69. The number of esters is 1. The average molecular weight is 237 g/mol. The van der Waals surface area contributed by atoms with E-state index in [1.54, 1.807) is 6.26 Å². The maximum absolute atomic E-state index is 11.8. The van der Waals surface area contributed by atoms with Crippen LogP contribution in [0.15, 0.2) is 16.7 Å². The van der Waals surface area contributed by atoms with Gasteiger partial charge in [-0.25, -0.2) is 0 Å². The van der Waals surface area contributed by atoms with Crippen LogP contribution in [0.25, 0.3) is 0 Å². The third-order valence-corrected chi connectivity index (χ3v) is 3.37. The van der Waals surface area contributed by atoms with E-state index in [2.05, 4.69) is 4.90 Å². The number of aryl methyl sites for hydroxylation is 1. The minimum absolute atomic E-state index is 0.116. The van der Waals surface area contributed by atoms with Crippen LogP contribution in [0.2, 0.25) is 0 Å².